The van der Waals surface area contributed by atoms with E-state index in [0.29, 0.717) is 5.69 Å². The van der Waals surface area contributed by atoms with E-state index >= 15 is 0 Å². The molecule has 21 heavy (non-hydrogen) atoms. The second-order valence-corrected chi connectivity index (χ2v) is 5.36. The molecule has 0 radical (unpaired) electrons. The van der Waals surface area contributed by atoms with Crippen molar-refractivity contribution < 1.29 is 9.59 Å². The van der Waals surface area contributed by atoms with Crippen molar-refractivity contribution in [3.8, 4) is 0 Å². The van der Waals surface area contributed by atoms with Crippen LogP contribution in [0.2, 0.25) is 0 Å². The highest BCUT2D eigenvalue weighted by molar-refractivity contribution is 5.94. The molecule has 8 nitrogen and oxygen atoms in total. The predicted molar refractivity (Wildman–Crippen MR) is 76.2 cm³/mol. The molecule has 1 saturated carbocycles. The van der Waals surface area contributed by atoms with Gasteiger partial charge in [0, 0.05) is 6.04 Å². The molecule has 1 aliphatic carbocycles. The molecule has 1 unspecified atom stereocenters. The lowest BCUT2D eigenvalue weighted by Gasteiger charge is -2.12. The van der Waals surface area contributed by atoms with Crippen molar-refractivity contribution in [2.75, 3.05) is 0 Å². The van der Waals surface area contributed by atoms with E-state index in [9.17, 15) is 9.59 Å². The van der Waals surface area contributed by atoms with Gasteiger partial charge in [0.25, 0.3) is 0 Å². The third-order valence-electron chi connectivity index (χ3n) is 3.63. The number of hydrogen-bond donors (Lipinski definition) is 3. The number of aromatic nitrogens is 3. The van der Waals surface area contributed by atoms with Crippen molar-refractivity contribution in [2.24, 2.45) is 5.73 Å². The number of carbonyl (C=O) groups excluding carboxylic acids is 2. The van der Waals surface area contributed by atoms with E-state index in [-0.39, 0.29) is 18.6 Å². The van der Waals surface area contributed by atoms with Gasteiger partial charge in [0.15, 0.2) is 0 Å². The van der Waals surface area contributed by atoms with Gasteiger partial charge in [0.05, 0.1) is 17.9 Å². The average Bonchev–Trinajstić information content (AvgIpc) is 3.09. The molecule has 116 valence electrons. The van der Waals surface area contributed by atoms with Crippen molar-refractivity contribution >= 4 is 11.9 Å². The average molecular weight is 294 g/mol. The first-order valence-electron chi connectivity index (χ1n) is 7.34. The van der Waals surface area contributed by atoms with Gasteiger partial charge in [0.1, 0.15) is 6.54 Å². The summed E-state index contributed by atoms with van der Waals surface area (Å²) in [5, 5.41) is 12.8. The van der Waals surface area contributed by atoms with Crippen molar-refractivity contribution in [3.05, 3.63) is 11.9 Å². The fourth-order valence-corrected chi connectivity index (χ4v) is 2.37. The Hall–Kier alpha value is -1.96. The summed E-state index contributed by atoms with van der Waals surface area (Å²) in [6.45, 7) is 1.89. The molecule has 0 aromatic carbocycles. The van der Waals surface area contributed by atoms with E-state index in [4.69, 9.17) is 5.73 Å². The topological polar surface area (TPSA) is 115 Å². The lowest BCUT2D eigenvalue weighted by Crippen LogP contribution is -2.44. The van der Waals surface area contributed by atoms with Gasteiger partial charge < -0.3 is 11.1 Å². The molecule has 0 bridgehead atoms. The van der Waals surface area contributed by atoms with Gasteiger partial charge >= 0.3 is 6.03 Å². The Labute approximate surface area is 123 Å². The molecule has 0 aliphatic heterocycles. The standard InChI is InChI=1S/C13H22N6O2/c1-2-10(14)11-7-19(18-17-11)8-12(20)16-13(21)15-9-5-3-4-6-9/h7,9-10H,2-6,8,14H2,1H3,(H2,15,16,20,21). The van der Waals surface area contributed by atoms with Gasteiger partial charge in [-0.1, -0.05) is 25.0 Å². The summed E-state index contributed by atoms with van der Waals surface area (Å²) in [6, 6.07) is -0.455. The molecule has 3 amide bonds. The van der Waals surface area contributed by atoms with Gasteiger partial charge in [-0.05, 0) is 19.3 Å². The number of rotatable bonds is 5. The predicted octanol–water partition coefficient (Wildman–Crippen LogP) is 0.456. The summed E-state index contributed by atoms with van der Waals surface area (Å²) in [5.41, 5.74) is 6.47. The number of hydrogen-bond acceptors (Lipinski definition) is 5. The summed E-state index contributed by atoms with van der Waals surface area (Å²) in [6.07, 6.45) is 6.57. The monoisotopic (exact) mass is 294 g/mol. The Balaban J connectivity index is 1.78. The van der Waals surface area contributed by atoms with Gasteiger partial charge in [-0.3, -0.25) is 10.1 Å². The Bertz CT molecular complexity index is 495. The molecular weight excluding hydrogens is 272 g/mol. The van der Waals surface area contributed by atoms with E-state index in [0.717, 1.165) is 32.1 Å². The summed E-state index contributed by atoms with van der Waals surface area (Å²) >= 11 is 0. The fourth-order valence-electron chi connectivity index (χ4n) is 2.37. The normalized spacial score (nSPS) is 16.7. The van der Waals surface area contributed by atoms with Crippen LogP contribution in [-0.4, -0.2) is 33.0 Å². The second kappa shape index (κ2) is 7.16. The fraction of sp³-hybridized carbons (Fsp3) is 0.692. The highest BCUT2D eigenvalue weighted by Crippen LogP contribution is 2.17. The number of amides is 3. The number of urea groups is 1. The van der Waals surface area contributed by atoms with Crippen LogP contribution in [0.15, 0.2) is 6.20 Å². The van der Waals surface area contributed by atoms with Crippen LogP contribution in [0.25, 0.3) is 0 Å². The number of imide groups is 1. The van der Waals surface area contributed by atoms with Crippen LogP contribution in [0.1, 0.15) is 50.8 Å². The van der Waals surface area contributed by atoms with Crippen molar-refractivity contribution in [1.29, 1.82) is 0 Å². The molecule has 1 aliphatic rings. The summed E-state index contributed by atoms with van der Waals surface area (Å²) in [4.78, 5) is 23.4. The number of nitrogens with one attached hydrogen (secondary N) is 2. The van der Waals surface area contributed by atoms with Gasteiger partial charge in [-0.15, -0.1) is 5.10 Å². The molecule has 1 atom stereocenters. The Kier molecular flexibility index (Phi) is 5.26. The highest BCUT2D eigenvalue weighted by Gasteiger charge is 2.18. The SMILES string of the molecule is CCC(N)c1cn(CC(=O)NC(=O)NC2CCCC2)nn1. The first-order valence-corrected chi connectivity index (χ1v) is 7.34. The minimum Gasteiger partial charge on any atom is -0.335 e. The first kappa shape index (κ1) is 15.4. The first-order chi connectivity index (χ1) is 10.1. The summed E-state index contributed by atoms with van der Waals surface area (Å²) < 4.78 is 1.38. The molecular formula is C13H22N6O2. The number of nitrogens with zero attached hydrogens (tertiary/aromatic N) is 3. The Morgan fingerprint density at radius 2 is 2.19 bits per heavy atom. The minimum atomic E-state index is -0.447. The van der Waals surface area contributed by atoms with Gasteiger partial charge in [0.2, 0.25) is 5.91 Å². The van der Waals surface area contributed by atoms with Crippen LogP contribution < -0.4 is 16.4 Å². The van der Waals surface area contributed by atoms with E-state index < -0.39 is 11.9 Å². The lowest BCUT2D eigenvalue weighted by atomic mass is 10.2. The molecule has 0 saturated heterocycles. The lowest BCUT2D eigenvalue weighted by molar-refractivity contribution is -0.120. The van der Waals surface area contributed by atoms with Crippen LogP contribution >= 0.6 is 0 Å². The van der Waals surface area contributed by atoms with Crippen LogP contribution in [0.4, 0.5) is 4.79 Å². The van der Waals surface area contributed by atoms with Crippen molar-refractivity contribution in [2.45, 2.75) is 57.7 Å². The van der Waals surface area contributed by atoms with Crippen LogP contribution in [0.3, 0.4) is 0 Å². The third kappa shape index (κ3) is 4.52. The highest BCUT2D eigenvalue weighted by atomic mass is 16.2. The Morgan fingerprint density at radius 3 is 2.86 bits per heavy atom. The van der Waals surface area contributed by atoms with E-state index in [1.807, 2.05) is 6.92 Å². The summed E-state index contributed by atoms with van der Waals surface area (Å²) in [5.74, 6) is -0.424. The van der Waals surface area contributed by atoms with Crippen LogP contribution in [-0.2, 0) is 11.3 Å². The zero-order valence-corrected chi connectivity index (χ0v) is 12.2. The molecule has 1 fully saturated rings. The van der Waals surface area contributed by atoms with Crippen LogP contribution in [0.5, 0.6) is 0 Å². The van der Waals surface area contributed by atoms with Crippen LogP contribution in [0, 0.1) is 0 Å². The quantitative estimate of drug-likeness (QED) is 0.729. The Morgan fingerprint density at radius 1 is 1.48 bits per heavy atom. The molecule has 0 spiro atoms. The molecule has 4 N–H and O–H groups in total. The van der Waals surface area contributed by atoms with E-state index in [2.05, 4.69) is 20.9 Å². The van der Waals surface area contributed by atoms with E-state index in [1.54, 1.807) is 6.20 Å². The maximum absolute atomic E-state index is 11.8. The maximum atomic E-state index is 11.8. The molecule has 1 heterocycles. The minimum absolute atomic E-state index is 0.0540. The largest absolute Gasteiger partial charge is 0.335 e. The van der Waals surface area contributed by atoms with Gasteiger partial charge in [-0.2, -0.15) is 0 Å². The molecule has 1 aromatic rings. The molecule has 2 rings (SSSR count). The number of carbonyl (C=O) groups is 2. The van der Waals surface area contributed by atoms with E-state index in [1.165, 1.54) is 4.68 Å². The second-order valence-electron chi connectivity index (χ2n) is 5.36. The molecule has 1 aromatic heterocycles. The van der Waals surface area contributed by atoms with Crippen molar-refractivity contribution in [3.63, 3.8) is 0 Å². The maximum Gasteiger partial charge on any atom is 0.321 e. The number of nitrogens with two attached hydrogens (primary N) is 1. The summed E-state index contributed by atoms with van der Waals surface area (Å²) in [7, 11) is 0. The molecule has 8 heteroatoms. The van der Waals surface area contributed by atoms with Gasteiger partial charge in [-0.25, -0.2) is 9.48 Å². The van der Waals surface area contributed by atoms with Crippen molar-refractivity contribution in [1.82, 2.24) is 25.6 Å². The zero-order valence-electron chi connectivity index (χ0n) is 12.2. The third-order valence-corrected chi connectivity index (χ3v) is 3.63. The zero-order chi connectivity index (χ0) is 15.2. The smallest absolute Gasteiger partial charge is 0.321 e.